The first-order valence-corrected chi connectivity index (χ1v) is 5.33. The molecule has 0 saturated carbocycles. The minimum atomic E-state index is 0.0832. The highest BCUT2D eigenvalue weighted by molar-refractivity contribution is 5.90. The molecule has 0 fully saturated rings. The van der Waals surface area contributed by atoms with Gasteiger partial charge in [-0.3, -0.25) is 0 Å². The van der Waals surface area contributed by atoms with Crippen molar-refractivity contribution in [2.45, 2.75) is 0 Å². The molecule has 0 saturated heterocycles. The van der Waals surface area contributed by atoms with Crippen molar-refractivity contribution in [3.8, 4) is 0 Å². The largest absolute Gasteiger partial charge is 0.392 e. The van der Waals surface area contributed by atoms with Crippen LogP contribution in [0.4, 0.5) is 0 Å². The lowest BCUT2D eigenvalue weighted by atomic mass is 10.0. The van der Waals surface area contributed by atoms with Crippen LogP contribution in [0.15, 0.2) is 60.7 Å². The van der Waals surface area contributed by atoms with Gasteiger partial charge in [-0.25, -0.2) is 0 Å². The molecular weight excluding hydrogens is 196 g/mol. The van der Waals surface area contributed by atoms with Crippen LogP contribution in [0.1, 0.15) is 5.56 Å². The molecule has 1 heteroatoms. The third-order valence-corrected chi connectivity index (χ3v) is 2.45. The van der Waals surface area contributed by atoms with E-state index in [4.69, 9.17) is 5.11 Å². The highest BCUT2D eigenvalue weighted by Gasteiger charge is 1.94. The molecule has 0 spiro atoms. The molecule has 2 aromatic rings. The van der Waals surface area contributed by atoms with E-state index in [-0.39, 0.29) is 6.61 Å². The number of fused-ring (bicyclic) bond motifs is 1. The molecule has 1 nitrogen and oxygen atoms in total. The maximum absolute atomic E-state index is 8.61. The molecular formula is C15H14O. The van der Waals surface area contributed by atoms with E-state index in [1.807, 2.05) is 24.3 Å². The Hall–Kier alpha value is -1.86. The number of aliphatic hydroxyl groups is 1. The summed E-state index contributed by atoms with van der Waals surface area (Å²) < 4.78 is 0. The zero-order valence-corrected chi connectivity index (χ0v) is 9.01. The number of benzene rings is 2. The van der Waals surface area contributed by atoms with Crippen LogP contribution >= 0.6 is 0 Å². The second-order valence-corrected chi connectivity index (χ2v) is 3.54. The van der Waals surface area contributed by atoms with Crippen molar-refractivity contribution in [1.29, 1.82) is 0 Å². The van der Waals surface area contributed by atoms with E-state index in [0.29, 0.717) is 0 Å². The lowest BCUT2D eigenvalue weighted by Gasteiger charge is -2.00. The van der Waals surface area contributed by atoms with Gasteiger partial charge in [0.1, 0.15) is 0 Å². The molecule has 16 heavy (non-hydrogen) atoms. The van der Waals surface area contributed by atoms with Crippen molar-refractivity contribution >= 4 is 16.8 Å². The van der Waals surface area contributed by atoms with Crippen LogP contribution in [-0.2, 0) is 0 Å². The fourth-order valence-electron chi connectivity index (χ4n) is 1.69. The van der Waals surface area contributed by atoms with Crippen molar-refractivity contribution < 1.29 is 5.11 Å². The number of allylic oxidation sites excluding steroid dienone is 2. The fraction of sp³-hybridized carbons (Fsp3) is 0.0667. The van der Waals surface area contributed by atoms with E-state index in [0.717, 1.165) is 0 Å². The van der Waals surface area contributed by atoms with E-state index in [1.165, 1.54) is 16.3 Å². The topological polar surface area (TPSA) is 20.2 Å². The average Bonchev–Trinajstić information content (AvgIpc) is 2.35. The van der Waals surface area contributed by atoms with Crippen LogP contribution in [0.2, 0.25) is 0 Å². The molecule has 0 heterocycles. The monoisotopic (exact) mass is 210 g/mol. The molecule has 0 bridgehead atoms. The quantitative estimate of drug-likeness (QED) is 0.770. The smallest absolute Gasteiger partial charge is 0.0615 e. The van der Waals surface area contributed by atoms with Gasteiger partial charge in [-0.05, 0) is 16.3 Å². The van der Waals surface area contributed by atoms with Gasteiger partial charge < -0.3 is 5.11 Å². The predicted molar refractivity (Wildman–Crippen MR) is 69.2 cm³/mol. The molecule has 2 rings (SSSR count). The van der Waals surface area contributed by atoms with Crippen LogP contribution < -0.4 is 0 Å². The Kier molecular flexibility index (Phi) is 3.52. The molecule has 0 aliphatic rings. The number of hydrogen-bond donors (Lipinski definition) is 1. The number of aliphatic hydroxyl groups excluding tert-OH is 1. The van der Waals surface area contributed by atoms with Crippen LogP contribution in [0, 0.1) is 0 Å². The van der Waals surface area contributed by atoms with Gasteiger partial charge in [-0.1, -0.05) is 66.8 Å². The summed E-state index contributed by atoms with van der Waals surface area (Å²) in [6.07, 6.45) is 7.55. The van der Waals surface area contributed by atoms with E-state index in [9.17, 15) is 0 Å². The zero-order valence-electron chi connectivity index (χ0n) is 9.01. The van der Waals surface area contributed by atoms with Crippen molar-refractivity contribution in [3.63, 3.8) is 0 Å². The summed E-state index contributed by atoms with van der Waals surface area (Å²) in [6.45, 7) is 0.0832. The Balaban J connectivity index is 2.37. The van der Waals surface area contributed by atoms with Gasteiger partial charge in [0.25, 0.3) is 0 Å². The highest BCUT2D eigenvalue weighted by Crippen LogP contribution is 2.19. The Morgan fingerprint density at radius 1 is 0.938 bits per heavy atom. The number of rotatable bonds is 3. The lowest BCUT2D eigenvalue weighted by molar-refractivity contribution is 0.343. The van der Waals surface area contributed by atoms with Crippen molar-refractivity contribution in [1.82, 2.24) is 0 Å². The molecule has 2 aromatic carbocycles. The summed E-state index contributed by atoms with van der Waals surface area (Å²) in [4.78, 5) is 0. The summed E-state index contributed by atoms with van der Waals surface area (Å²) in [5, 5.41) is 11.1. The maximum atomic E-state index is 8.61. The van der Waals surface area contributed by atoms with Crippen LogP contribution in [0.3, 0.4) is 0 Å². The first kappa shape index (κ1) is 10.7. The van der Waals surface area contributed by atoms with E-state index in [2.05, 4.69) is 36.4 Å². The average molecular weight is 210 g/mol. The predicted octanol–water partition coefficient (Wildman–Crippen LogP) is 3.40. The normalized spacial score (nSPS) is 11.8. The number of hydrogen-bond acceptors (Lipinski definition) is 1. The van der Waals surface area contributed by atoms with Crippen LogP contribution in [0.5, 0.6) is 0 Å². The van der Waals surface area contributed by atoms with Crippen LogP contribution in [0.25, 0.3) is 16.8 Å². The lowest BCUT2D eigenvalue weighted by Crippen LogP contribution is -1.76. The van der Waals surface area contributed by atoms with Gasteiger partial charge in [0, 0.05) is 0 Å². The molecule has 0 aliphatic heterocycles. The minimum Gasteiger partial charge on any atom is -0.392 e. The van der Waals surface area contributed by atoms with Crippen molar-refractivity contribution in [3.05, 3.63) is 66.3 Å². The molecule has 0 radical (unpaired) electrons. The second-order valence-electron chi connectivity index (χ2n) is 3.54. The molecule has 80 valence electrons. The molecule has 0 aromatic heterocycles. The highest BCUT2D eigenvalue weighted by atomic mass is 16.2. The molecule has 0 amide bonds. The van der Waals surface area contributed by atoms with Crippen molar-refractivity contribution in [2.75, 3.05) is 6.61 Å². The van der Waals surface area contributed by atoms with Gasteiger partial charge in [0.15, 0.2) is 0 Å². The van der Waals surface area contributed by atoms with E-state index >= 15 is 0 Å². The van der Waals surface area contributed by atoms with E-state index in [1.54, 1.807) is 6.08 Å². The van der Waals surface area contributed by atoms with Gasteiger partial charge in [-0.15, -0.1) is 0 Å². The Morgan fingerprint density at radius 3 is 2.62 bits per heavy atom. The Morgan fingerprint density at radius 2 is 1.75 bits per heavy atom. The van der Waals surface area contributed by atoms with Gasteiger partial charge in [0.05, 0.1) is 6.61 Å². The SMILES string of the molecule is OCC=CC=Cc1cccc2ccccc12. The zero-order chi connectivity index (χ0) is 11.2. The first-order valence-electron chi connectivity index (χ1n) is 5.33. The molecule has 1 N–H and O–H groups in total. The Bertz CT molecular complexity index is 518. The Labute approximate surface area is 95.4 Å². The summed E-state index contributed by atoms with van der Waals surface area (Å²) in [5.74, 6) is 0. The summed E-state index contributed by atoms with van der Waals surface area (Å²) in [7, 11) is 0. The molecule has 0 atom stereocenters. The van der Waals surface area contributed by atoms with Gasteiger partial charge >= 0.3 is 0 Å². The fourth-order valence-corrected chi connectivity index (χ4v) is 1.69. The van der Waals surface area contributed by atoms with Gasteiger partial charge in [-0.2, -0.15) is 0 Å². The summed E-state index contributed by atoms with van der Waals surface area (Å²) in [5.41, 5.74) is 1.20. The molecule has 0 unspecified atom stereocenters. The van der Waals surface area contributed by atoms with E-state index < -0.39 is 0 Å². The first-order chi connectivity index (χ1) is 7.92. The third kappa shape index (κ3) is 2.38. The minimum absolute atomic E-state index is 0.0832. The maximum Gasteiger partial charge on any atom is 0.0615 e. The summed E-state index contributed by atoms with van der Waals surface area (Å²) in [6, 6.07) is 14.6. The molecule has 0 aliphatic carbocycles. The van der Waals surface area contributed by atoms with Crippen molar-refractivity contribution in [2.24, 2.45) is 0 Å². The standard InChI is InChI=1S/C15H14O/c16-12-5-1-2-7-13-9-6-10-14-8-3-4-11-15(13)14/h1-11,16H,12H2. The second kappa shape index (κ2) is 5.29. The van der Waals surface area contributed by atoms with Gasteiger partial charge in [0.2, 0.25) is 0 Å². The third-order valence-electron chi connectivity index (χ3n) is 2.45. The van der Waals surface area contributed by atoms with Crippen LogP contribution in [-0.4, -0.2) is 11.7 Å². The summed E-state index contributed by atoms with van der Waals surface area (Å²) >= 11 is 0.